The second-order valence-electron chi connectivity index (χ2n) is 6.61. The van der Waals surface area contributed by atoms with Gasteiger partial charge in [0.05, 0.1) is 13.7 Å². The van der Waals surface area contributed by atoms with Gasteiger partial charge in [-0.1, -0.05) is 6.92 Å². The lowest BCUT2D eigenvalue weighted by Gasteiger charge is -2.28. The van der Waals surface area contributed by atoms with Crippen LogP contribution in [-0.2, 0) is 4.79 Å². The van der Waals surface area contributed by atoms with Crippen molar-refractivity contribution >= 4 is 24.1 Å². The van der Waals surface area contributed by atoms with Gasteiger partial charge in [-0.25, -0.2) is 0 Å². The second kappa shape index (κ2) is 11.8. The molecule has 1 saturated heterocycles. The van der Waals surface area contributed by atoms with Crippen LogP contribution in [0.4, 0.5) is 0 Å². The predicted octanol–water partition coefficient (Wildman–Crippen LogP) is 3.08. The number of nitrogens with one attached hydrogen (secondary N) is 1. The van der Waals surface area contributed by atoms with Gasteiger partial charge in [0.1, 0.15) is 0 Å². The van der Waals surface area contributed by atoms with E-state index in [4.69, 9.17) is 9.47 Å². The number of carbonyl (C=O) groups is 2. The highest BCUT2D eigenvalue weighted by Crippen LogP contribution is 2.28. The molecule has 0 aliphatic carbocycles. The maximum Gasteiger partial charge on any atom is 0.222 e. The number of halogens is 1. The minimum absolute atomic E-state index is 0. The minimum Gasteiger partial charge on any atom is -0.493 e. The number of rotatable bonds is 10. The van der Waals surface area contributed by atoms with Crippen molar-refractivity contribution in [1.29, 1.82) is 0 Å². The van der Waals surface area contributed by atoms with Crippen LogP contribution in [0.1, 0.15) is 49.9 Å². The van der Waals surface area contributed by atoms with Crippen molar-refractivity contribution in [3.05, 3.63) is 23.8 Å². The van der Waals surface area contributed by atoms with Crippen LogP contribution in [-0.4, -0.2) is 56.0 Å². The van der Waals surface area contributed by atoms with Crippen molar-refractivity contribution in [3.8, 4) is 11.5 Å². The Balaban J connectivity index is 0.00000364. The number of ether oxygens (including phenoxy) is 2. The Hall–Kier alpha value is -1.79. The van der Waals surface area contributed by atoms with Gasteiger partial charge in [0.2, 0.25) is 5.91 Å². The zero-order valence-corrected chi connectivity index (χ0v) is 17.3. The number of hydrogen-bond acceptors (Lipinski definition) is 5. The maximum absolute atomic E-state index is 12.6. The first-order valence-electron chi connectivity index (χ1n) is 9.38. The molecule has 1 aromatic rings. The van der Waals surface area contributed by atoms with Gasteiger partial charge in [0.15, 0.2) is 17.3 Å². The summed E-state index contributed by atoms with van der Waals surface area (Å²) in [5.41, 5.74) is 0.588. The Morgan fingerprint density at radius 3 is 2.67 bits per heavy atom. The third-order valence-corrected chi connectivity index (χ3v) is 4.62. The molecule has 1 heterocycles. The molecule has 0 spiro atoms. The summed E-state index contributed by atoms with van der Waals surface area (Å²) in [6.45, 7) is 6.74. The lowest BCUT2D eigenvalue weighted by molar-refractivity contribution is -0.133. The van der Waals surface area contributed by atoms with Crippen LogP contribution in [0, 0.1) is 0 Å². The van der Waals surface area contributed by atoms with Gasteiger partial charge in [-0.2, -0.15) is 0 Å². The first-order chi connectivity index (χ1) is 12.6. The summed E-state index contributed by atoms with van der Waals surface area (Å²) in [6, 6.07) is 5.47. The lowest BCUT2D eigenvalue weighted by Crippen LogP contribution is -2.42. The smallest absolute Gasteiger partial charge is 0.222 e. The molecule has 1 aliphatic rings. The van der Waals surface area contributed by atoms with Gasteiger partial charge >= 0.3 is 0 Å². The Morgan fingerprint density at radius 1 is 1.30 bits per heavy atom. The number of hydrogen-bond donors (Lipinski definition) is 1. The summed E-state index contributed by atoms with van der Waals surface area (Å²) >= 11 is 0. The highest BCUT2D eigenvalue weighted by Gasteiger charge is 2.25. The molecule has 0 radical (unpaired) electrons. The number of ketones is 1. The third-order valence-electron chi connectivity index (χ3n) is 4.62. The molecular formula is C20H31ClN2O4. The lowest BCUT2D eigenvalue weighted by atomic mass is 10.1. The van der Waals surface area contributed by atoms with E-state index in [0.717, 1.165) is 32.5 Å². The number of methoxy groups -OCH3 is 1. The molecule has 1 aliphatic heterocycles. The van der Waals surface area contributed by atoms with Crippen LogP contribution in [0.15, 0.2) is 18.2 Å². The van der Waals surface area contributed by atoms with E-state index in [0.29, 0.717) is 42.6 Å². The summed E-state index contributed by atoms with van der Waals surface area (Å²) in [4.78, 5) is 26.0. The molecule has 6 nitrogen and oxygen atoms in total. The molecule has 0 saturated carbocycles. The molecule has 1 N–H and O–H groups in total. The van der Waals surface area contributed by atoms with Crippen molar-refractivity contribution < 1.29 is 19.1 Å². The summed E-state index contributed by atoms with van der Waals surface area (Å²) in [5, 5.41) is 3.32. The number of carbonyl (C=O) groups excluding carboxylic acids is 2. The zero-order chi connectivity index (χ0) is 18.9. The van der Waals surface area contributed by atoms with Crippen molar-refractivity contribution in [1.82, 2.24) is 10.2 Å². The highest BCUT2D eigenvalue weighted by atomic mass is 35.5. The molecule has 0 aromatic heterocycles. The van der Waals surface area contributed by atoms with E-state index in [1.165, 1.54) is 6.92 Å². The first kappa shape index (κ1) is 23.2. The topological polar surface area (TPSA) is 67.9 Å². The summed E-state index contributed by atoms with van der Waals surface area (Å²) < 4.78 is 11.1. The number of Topliss-reactive ketones (excluding diaryl/α,β-unsaturated/α-hetero) is 1. The zero-order valence-electron chi connectivity index (χ0n) is 16.5. The number of nitrogens with zero attached hydrogens (tertiary/aromatic N) is 1. The van der Waals surface area contributed by atoms with E-state index in [1.807, 2.05) is 4.90 Å². The molecule has 1 unspecified atom stereocenters. The average molecular weight is 399 g/mol. The van der Waals surface area contributed by atoms with E-state index in [2.05, 4.69) is 12.2 Å². The van der Waals surface area contributed by atoms with Gasteiger partial charge in [0, 0.05) is 31.1 Å². The molecule has 1 fully saturated rings. The normalized spacial score (nSPS) is 15.7. The summed E-state index contributed by atoms with van der Waals surface area (Å²) in [6.07, 6.45) is 3.13. The largest absolute Gasteiger partial charge is 0.493 e. The van der Waals surface area contributed by atoms with E-state index >= 15 is 0 Å². The van der Waals surface area contributed by atoms with Crippen LogP contribution in [0.25, 0.3) is 0 Å². The fourth-order valence-corrected chi connectivity index (χ4v) is 3.21. The summed E-state index contributed by atoms with van der Waals surface area (Å²) in [5.74, 6) is 1.31. The quantitative estimate of drug-likeness (QED) is 0.484. The van der Waals surface area contributed by atoms with Crippen LogP contribution < -0.4 is 14.8 Å². The fourth-order valence-electron chi connectivity index (χ4n) is 3.21. The molecule has 1 amide bonds. The molecule has 2 rings (SSSR count). The Bertz CT molecular complexity index is 618. The summed E-state index contributed by atoms with van der Waals surface area (Å²) in [7, 11) is 1.55. The van der Waals surface area contributed by atoms with Crippen molar-refractivity contribution in [2.45, 2.75) is 45.6 Å². The van der Waals surface area contributed by atoms with Gasteiger partial charge in [-0.05, 0) is 50.9 Å². The second-order valence-corrected chi connectivity index (χ2v) is 6.61. The molecule has 152 valence electrons. The van der Waals surface area contributed by atoms with Crippen molar-refractivity contribution in [2.24, 2.45) is 0 Å². The van der Waals surface area contributed by atoms with Gasteiger partial charge in [0.25, 0.3) is 0 Å². The molecule has 0 bridgehead atoms. The number of benzene rings is 1. The molecule has 7 heteroatoms. The highest BCUT2D eigenvalue weighted by molar-refractivity contribution is 5.94. The van der Waals surface area contributed by atoms with Crippen LogP contribution in [0.3, 0.4) is 0 Å². The van der Waals surface area contributed by atoms with Crippen molar-refractivity contribution in [2.75, 3.05) is 33.4 Å². The predicted molar refractivity (Wildman–Crippen MR) is 108 cm³/mol. The molecule has 1 aromatic carbocycles. The van der Waals surface area contributed by atoms with Gasteiger partial charge < -0.3 is 19.7 Å². The average Bonchev–Trinajstić information content (AvgIpc) is 3.17. The Morgan fingerprint density at radius 2 is 2.07 bits per heavy atom. The van der Waals surface area contributed by atoms with E-state index < -0.39 is 0 Å². The standard InChI is InChI=1S/C20H30N2O4.ClH/c1-4-11-22(17-9-10-21-14-17)20(24)6-5-12-26-18-8-7-16(15(2)23)13-19(18)25-3;/h7-8,13,17,21H,4-6,9-12,14H2,1-3H3;1H. The van der Waals surface area contributed by atoms with Crippen LogP contribution in [0.2, 0.25) is 0 Å². The van der Waals surface area contributed by atoms with E-state index in [1.54, 1.807) is 25.3 Å². The molecular weight excluding hydrogens is 368 g/mol. The molecule has 1 atom stereocenters. The third kappa shape index (κ3) is 6.70. The maximum atomic E-state index is 12.6. The van der Waals surface area contributed by atoms with Gasteiger partial charge in [-0.3, -0.25) is 9.59 Å². The minimum atomic E-state index is -0.0159. The van der Waals surface area contributed by atoms with E-state index in [-0.39, 0.29) is 24.1 Å². The Labute approximate surface area is 168 Å². The monoisotopic (exact) mass is 398 g/mol. The molecule has 27 heavy (non-hydrogen) atoms. The SMILES string of the molecule is CCCN(C(=O)CCCOc1ccc(C(C)=O)cc1OC)C1CCNC1.Cl. The Kier molecular flexibility index (Phi) is 10.2. The first-order valence-corrected chi connectivity index (χ1v) is 9.38. The number of amides is 1. The van der Waals surface area contributed by atoms with Crippen molar-refractivity contribution in [3.63, 3.8) is 0 Å². The fraction of sp³-hybridized carbons (Fsp3) is 0.600. The van der Waals surface area contributed by atoms with E-state index in [9.17, 15) is 9.59 Å². The van der Waals surface area contributed by atoms with Gasteiger partial charge in [-0.15, -0.1) is 12.4 Å². The van der Waals surface area contributed by atoms with Crippen LogP contribution in [0.5, 0.6) is 11.5 Å². The van der Waals surface area contributed by atoms with Crippen LogP contribution >= 0.6 is 12.4 Å².